The smallest absolute Gasteiger partial charge is 0.319 e. The van der Waals surface area contributed by atoms with E-state index in [1.165, 1.54) is 16.7 Å². The van der Waals surface area contributed by atoms with Crippen LogP contribution in [-0.2, 0) is 19.4 Å². The van der Waals surface area contributed by atoms with E-state index in [0.29, 0.717) is 18.2 Å². The van der Waals surface area contributed by atoms with Gasteiger partial charge in [0.05, 0.1) is 11.9 Å². The Morgan fingerprint density at radius 2 is 1.88 bits per heavy atom. The highest BCUT2D eigenvalue weighted by Crippen LogP contribution is 2.30. The van der Waals surface area contributed by atoms with Crippen LogP contribution in [-0.4, -0.2) is 78.6 Å². The molecule has 2 aliphatic rings. The minimum Gasteiger partial charge on any atom is -0.334 e. The van der Waals surface area contributed by atoms with Crippen LogP contribution in [0.4, 0.5) is 15.3 Å². The van der Waals surface area contributed by atoms with Crippen molar-refractivity contribution in [1.29, 1.82) is 0 Å². The quantitative estimate of drug-likeness (QED) is 0.734. The van der Waals surface area contributed by atoms with E-state index in [9.17, 15) is 9.59 Å². The Balaban J connectivity index is 1.27. The molecule has 4 rings (SSSR count). The van der Waals surface area contributed by atoms with Gasteiger partial charge in [0.2, 0.25) is 0 Å². The molecule has 2 N–H and O–H groups in total. The van der Waals surface area contributed by atoms with Crippen LogP contribution in [0.15, 0.2) is 36.5 Å². The first-order valence-corrected chi connectivity index (χ1v) is 11.6. The predicted molar refractivity (Wildman–Crippen MR) is 129 cm³/mol. The Morgan fingerprint density at radius 3 is 2.58 bits per heavy atom. The van der Waals surface area contributed by atoms with Gasteiger partial charge in [-0.25, -0.2) is 9.59 Å². The van der Waals surface area contributed by atoms with Gasteiger partial charge in [-0.2, -0.15) is 0 Å². The normalized spacial score (nSPS) is 18.0. The number of aromatic nitrogens is 1. The number of piperazine rings is 1. The minimum atomic E-state index is -0.224. The number of aryl methyl sites for hydroxylation is 1. The second-order valence-corrected chi connectivity index (χ2v) is 9.29. The molecule has 8 nitrogen and oxygen atoms in total. The van der Waals surface area contributed by atoms with Gasteiger partial charge in [-0.15, -0.1) is 0 Å². The number of carbonyl (C=O) groups is 2. The number of fused-ring (bicyclic) bond motifs is 1. The molecule has 1 fully saturated rings. The fourth-order valence-corrected chi connectivity index (χ4v) is 4.77. The number of carbonyl (C=O) groups excluding carboxylic acids is 2. The highest BCUT2D eigenvalue weighted by Gasteiger charge is 2.28. The first-order valence-electron chi connectivity index (χ1n) is 11.6. The van der Waals surface area contributed by atoms with Crippen molar-refractivity contribution in [3.05, 3.63) is 58.9 Å². The van der Waals surface area contributed by atoms with Gasteiger partial charge in [0.25, 0.3) is 0 Å². The lowest BCUT2D eigenvalue weighted by Crippen LogP contribution is -2.52. The Labute approximate surface area is 196 Å². The van der Waals surface area contributed by atoms with Gasteiger partial charge in [-0.3, -0.25) is 9.88 Å². The molecule has 0 bridgehead atoms. The number of nitrogens with zero attached hydrogens (tertiary/aromatic N) is 4. The lowest BCUT2D eigenvalue weighted by molar-refractivity contribution is 0.114. The molecule has 8 heteroatoms. The molecule has 0 radical (unpaired) electrons. The minimum absolute atomic E-state index is 0.0998. The van der Waals surface area contributed by atoms with E-state index in [4.69, 9.17) is 0 Å². The van der Waals surface area contributed by atoms with Crippen LogP contribution in [0.3, 0.4) is 0 Å². The molecule has 1 atom stereocenters. The Morgan fingerprint density at radius 1 is 1.09 bits per heavy atom. The molecule has 0 saturated carbocycles. The molecule has 1 saturated heterocycles. The highest BCUT2D eigenvalue weighted by atomic mass is 16.2. The number of urea groups is 2. The molecule has 33 heavy (non-hydrogen) atoms. The molecule has 2 aromatic rings. The number of amides is 4. The van der Waals surface area contributed by atoms with Crippen molar-refractivity contribution >= 4 is 17.7 Å². The van der Waals surface area contributed by atoms with E-state index < -0.39 is 0 Å². The van der Waals surface area contributed by atoms with Gasteiger partial charge in [0, 0.05) is 59.1 Å². The maximum atomic E-state index is 12.3. The topological polar surface area (TPSA) is 80.8 Å². The van der Waals surface area contributed by atoms with E-state index in [-0.39, 0.29) is 12.1 Å². The first kappa shape index (κ1) is 23.0. The maximum Gasteiger partial charge on any atom is 0.319 e. The zero-order valence-electron chi connectivity index (χ0n) is 19.8. The van der Waals surface area contributed by atoms with E-state index in [0.717, 1.165) is 51.3 Å². The molecule has 1 aliphatic carbocycles. The van der Waals surface area contributed by atoms with Crippen molar-refractivity contribution in [2.75, 3.05) is 52.1 Å². The van der Waals surface area contributed by atoms with Crippen molar-refractivity contribution in [2.45, 2.75) is 26.3 Å². The van der Waals surface area contributed by atoms with Crippen LogP contribution >= 0.6 is 0 Å². The summed E-state index contributed by atoms with van der Waals surface area (Å²) < 4.78 is 0. The molecule has 1 aliphatic heterocycles. The number of hydrogen-bond donors (Lipinski definition) is 2. The fourth-order valence-electron chi connectivity index (χ4n) is 4.77. The van der Waals surface area contributed by atoms with Crippen LogP contribution in [0.25, 0.3) is 0 Å². The molecular formula is C25H34N6O2. The standard InChI is InChI=1S/C25H34N6O2/c1-18-7-8-22(16-26-18)28-24(32)27-15-21-6-4-5-20-13-19(14-23(20)21)17-30-9-11-31(12-10-30)25(33)29(2)3/h4-8,16,19H,9-15,17H2,1-3H3,(H2,27,28,32). The summed E-state index contributed by atoms with van der Waals surface area (Å²) in [6.07, 6.45) is 3.77. The summed E-state index contributed by atoms with van der Waals surface area (Å²) in [5, 5.41) is 5.82. The average molecular weight is 451 g/mol. The summed E-state index contributed by atoms with van der Waals surface area (Å²) >= 11 is 0. The van der Waals surface area contributed by atoms with Crippen LogP contribution in [0.2, 0.25) is 0 Å². The van der Waals surface area contributed by atoms with Crippen molar-refractivity contribution in [3.8, 4) is 0 Å². The third kappa shape index (κ3) is 5.82. The number of anilines is 1. The van der Waals surface area contributed by atoms with E-state index in [2.05, 4.69) is 38.7 Å². The molecule has 1 aromatic heterocycles. The second kappa shape index (κ2) is 10.2. The number of nitrogens with one attached hydrogen (secondary N) is 2. The molecule has 0 spiro atoms. The van der Waals surface area contributed by atoms with Crippen LogP contribution < -0.4 is 10.6 Å². The molecule has 1 unspecified atom stereocenters. The van der Waals surface area contributed by atoms with Crippen molar-refractivity contribution < 1.29 is 9.59 Å². The predicted octanol–water partition coefficient (Wildman–Crippen LogP) is 2.73. The zero-order chi connectivity index (χ0) is 23.4. The van der Waals surface area contributed by atoms with Gasteiger partial charge < -0.3 is 20.4 Å². The summed E-state index contributed by atoms with van der Waals surface area (Å²) in [6.45, 7) is 6.90. The van der Waals surface area contributed by atoms with Gasteiger partial charge in [0.1, 0.15) is 0 Å². The first-order chi connectivity index (χ1) is 15.9. The molecule has 2 heterocycles. The van der Waals surface area contributed by atoms with E-state index in [1.54, 1.807) is 25.2 Å². The van der Waals surface area contributed by atoms with Gasteiger partial charge >= 0.3 is 12.1 Å². The van der Waals surface area contributed by atoms with Crippen molar-refractivity contribution in [2.24, 2.45) is 5.92 Å². The number of pyridine rings is 1. The van der Waals surface area contributed by atoms with Crippen LogP contribution in [0.5, 0.6) is 0 Å². The Kier molecular flexibility index (Phi) is 7.13. The van der Waals surface area contributed by atoms with Gasteiger partial charge in [0.15, 0.2) is 0 Å². The number of benzene rings is 1. The van der Waals surface area contributed by atoms with E-state index in [1.807, 2.05) is 24.0 Å². The number of hydrogen-bond acceptors (Lipinski definition) is 4. The summed E-state index contributed by atoms with van der Waals surface area (Å²) in [5.41, 5.74) is 5.56. The number of rotatable bonds is 5. The average Bonchev–Trinajstić information content (AvgIpc) is 3.22. The fraction of sp³-hybridized carbons (Fsp3) is 0.480. The summed E-state index contributed by atoms with van der Waals surface area (Å²) in [4.78, 5) is 34.8. The highest BCUT2D eigenvalue weighted by molar-refractivity contribution is 5.89. The summed E-state index contributed by atoms with van der Waals surface area (Å²) in [7, 11) is 3.61. The third-order valence-electron chi connectivity index (χ3n) is 6.52. The second-order valence-electron chi connectivity index (χ2n) is 9.29. The molecule has 4 amide bonds. The monoisotopic (exact) mass is 450 g/mol. The largest absolute Gasteiger partial charge is 0.334 e. The maximum absolute atomic E-state index is 12.3. The SMILES string of the molecule is Cc1ccc(NC(=O)NCc2cccc3c2CC(CN2CCN(C(=O)N(C)C)CC2)C3)cn1. The molecule has 176 valence electrons. The lowest BCUT2D eigenvalue weighted by atomic mass is 10.0. The Hall–Kier alpha value is -3.13. The lowest BCUT2D eigenvalue weighted by Gasteiger charge is -2.37. The van der Waals surface area contributed by atoms with Crippen molar-refractivity contribution in [1.82, 2.24) is 25.0 Å². The molecular weight excluding hydrogens is 416 g/mol. The molecule has 1 aromatic carbocycles. The van der Waals surface area contributed by atoms with Gasteiger partial charge in [-0.05, 0) is 54.5 Å². The van der Waals surface area contributed by atoms with E-state index >= 15 is 0 Å². The summed E-state index contributed by atoms with van der Waals surface area (Å²) in [6, 6.07) is 10.0. The van der Waals surface area contributed by atoms with Gasteiger partial charge in [-0.1, -0.05) is 18.2 Å². The van der Waals surface area contributed by atoms with Crippen molar-refractivity contribution in [3.63, 3.8) is 0 Å². The Bertz CT molecular complexity index is 983. The summed E-state index contributed by atoms with van der Waals surface area (Å²) in [5.74, 6) is 0.574. The zero-order valence-corrected chi connectivity index (χ0v) is 19.8. The third-order valence-corrected chi connectivity index (χ3v) is 6.52. The van der Waals surface area contributed by atoms with Crippen LogP contribution in [0, 0.1) is 12.8 Å². The van der Waals surface area contributed by atoms with Crippen LogP contribution in [0.1, 0.15) is 22.4 Å².